The predicted molar refractivity (Wildman–Crippen MR) is 194 cm³/mol. The molecule has 8 nitrogen and oxygen atoms in total. The molecule has 2 unspecified atom stereocenters. The second-order valence-electron chi connectivity index (χ2n) is 14.5. The summed E-state index contributed by atoms with van der Waals surface area (Å²) in [6, 6.07) is -0.719. The standard InChI is InChI=1S/C40H75NO7/c1-6-8-10-11-12-13-14-15-16-17-18-19-20-21-22-23-24-25-26-27-29-31-39(43)48-36(35-47-38(42)30-28-9-7-2)34-46-33-32-37(40(44)45)41(3,4)5/h17-18,36-37H,6-16,19-35H2,1-5H3/b18-17-. The van der Waals surface area contributed by atoms with Crippen LogP contribution >= 0.6 is 0 Å². The van der Waals surface area contributed by atoms with Crippen LogP contribution in [0.4, 0.5) is 0 Å². The fourth-order valence-electron chi connectivity index (χ4n) is 5.77. The Morgan fingerprint density at radius 2 is 1.04 bits per heavy atom. The lowest BCUT2D eigenvalue weighted by atomic mass is 10.1. The maximum absolute atomic E-state index is 12.6. The summed E-state index contributed by atoms with van der Waals surface area (Å²) in [5.74, 6) is -1.76. The third-order valence-electron chi connectivity index (χ3n) is 8.90. The van der Waals surface area contributed by atoms with Crippen LogP contribution in [-0.4, -0.2) is 75.5 Å². The van der Waals surface area contributed by atoms with E-state index in [1.807, 2.05) is 0 Å². The highest BCUT2D eigenvalue weighted by atomic mass is 16.6. The number of aliphatic carboxylic acids is 1. The minimum absolute atomic E-state index is 0.0421. The molecule has 0 amide bonds. The summed E-state index contributed by atoms with van der Waals surface area (Å²) < 4.78 is 16.9. The number of hydrogen-bond donors (Lipinski definition) is 0. The van der Waals surface area contributed by atoms with Gasteiger partial charge in [-0.15, -0.1) is 0 Å². The van der Waals surface area contributed by atoms with Crippen LogP contribution in [0.3, 0.4) is 0 Å². The number of carboxylic acids is 1. The maximum atomic E-state index is 12.6. The summed E-state index contributed by atoms with van der Waals surface area (Å²) in [5.41, 5.74) is 0. The maximum Gasteiger partial charge on any atom is 0.306 e. The third kappa shape index (κ3) is 30.2. The van der Waals surface area contributed by atoms with Crippen molar-refractivity contribution in [2.75, 3.05) is 41.0 Å². The zero-order valence-corrected chi connectivity index (χ0v) is 31.9. The Kier molecular flexibility index (Phi) is 31.0. The van der Waals surface area contributed by atoms with Gasteiger partial charge in [-0.25, -0.2) is 0 Å². The molecule has 2 atom stereocenters. The molecule has 0 heterocycles. The molecule has 282 valence electrons. The largest absolute Gasteiger partial charge is 0.544 e. The number of nitrogens with zero attached hydrogens (tertiary/aromatic N) is 1. The smallest absolute Gasteiger partial charge is 0.306 e. The highest BCUT2D eigenvalue weighted by Gasteiger charge is 2.25. The quantitative estimate of drug-likeness (QED) is 0.0286. The van der Waals surface area contributed by atoms with E-state index in [2.05, 4.69) is 26.0 Å². The monoisotopic (exact) mass is 682 g/mol. The first-order valence-electron chi connectivity index (χ1n) is 19.7. The lowest BCUT2D eigenvalue weighted by Gasteiger charge is -2.34. The van der Waals surface area contributed by atoms with Crippen molar-refractivity contribution in [3.8, 4) is 0 Å². The van der Waals surface area contributed by atoms with E-state index in [0.717, 1.165) is 38.5 Å². The van der Waals surface area contributed by atoms with Crippen molar-refractivity contribution in [2.24, 2.45) is 0 Å². The molecule has 0 saturated heterocycles. The number of likely N-dealkylation sites (N-methyl/N-ethyl adjacent to an activating group) is 1. The van der Waals surface area contributed by atoms with E-state index in [9.17, 15) is 19.5 Å². The number of carboxylic acid groups (broad SMARTS) is 1. The van der Waals surface area contributed by atoms with Gasteiger partial charge in [0.15, 0.2) is 6.10 Å². The van der Waals surface area contributed by atoms with Crippen LogP contribution in [0.1, 0.15) is 174 Å². The van der Waals surface area contributed by atoms with Crippen molar-refractivity contribution in [3.63, 3.8) is 0 Å². The number of carbonyl (C=O) groups is 3. The van der Waals surface area contributed by atoms with Gasteiger partial charge in [0.25, 0.3) is 0 Å². The molecule has 0 N–H and O–H groups in total. The van der Waals surface area contributed by atoms with Gasteiger partial charge in [0.05, 0.1) is 40.3 Å². The van der Waals surface area contributed by atoms with Crippen molar-refractivity contribution in [3.05, 3.63) is 12.2 Å². The van der Waals surface area contributed by atoms with Crippen LogP contribution in [0.25, 0.3) is 0 Å². The summed E-state index contributed by atoms with van der Waals surface area (Å²) in [5, 5.41) is 11.5. The molecule has 0 aliphatic carbocycles. The topological polar surface area (TPSA) is 102 Å². The SMILES string of the molecule is CCCCCCCCCC/C=C\CCCCCCCCCCCC(=O)OC(COCCC(C(=O)[O-])[N+](C)(C)C)COC(=O)CCCCC. The van der Waals surface area contributed by atoms with Crippen LogP contribution in [-0.2, 0) is 28.6 Å². The van der Waals surface area contributed by atoms with E-state index in [1.54, 1.807) is 21.1 Å². The molecule has 0 radical (unpaired) electrons. The van der Waals surface area contributed by atoms with Crippen molar-refractivity contribution in [1.29, 1.82) is 0 Å². The molecule has 0 bridgehead atoms. The van der Waals surface area contributed by atoms with E-state index in [4.69, 9.17) is 14.2 Å². The average Bonchev–Trinajstić information content (AvgIpc) is 3.03. The summed E-state index contributed by atoms with van der Waals surface area (Å²) in [4.78, 5) is 36.2. The Hall–Kier alpha value is -1.93. The molecule has 0 saturated carbocycles. The lowest BCUT2D eigenvalue weighted by Crippen LogP contribution is -2.55. The molecule has 0 fully saturated rings. The number of esters is 2. The second-order valence-corrected chi connectivity index (χ2v) is 14.5. The molecular weight excluding hydrogens is 606 g/mol. The zero-order valence-electron chi connectivity index (χ0n) is 31.9. The molecule has 0 aliphatic rings. The molecule has 0 aromatic carbocycles. The number of hydrogen-bond acceptors (Lipinski definition) is 7. The number of unbranched alkanes of at least 4 members (excludes halogenated alkanes) is 19. The van der Waals surface area contributed by atoms with E-state index in [1.165, 1.54) is 103 Å². The van der Waals surface area contributed by atoms with Crippen molar-refractivity contribution < 1.29 is 38.2 Å². The summed E-state index contributed by atoms with van der Waals surface area (Å²) in [6.45, 7) is 4.49. The predicted octanol–water partition coefficient (Wildman–Crippen LogP) is 8.63. The first kappa shape index (κ1) is 46.1. The van der Waals surface area contributed by atoms with Gasteiger partial charge in [0.1, 0.15) is 12.6 Å². The van der Waals surface area contributed by atoms with Gasteiger partial charge in [0.2, 0.25) is 0 Å². The zero-order chi connectivity index (χ0) is 35.7. The van der Waals surface area contributed by atoms with E-state index in [0.29, 0.717) is 12.8 Å². The Morgan fingerprint density at radius 3 is 1.54 bits per heavy atom. The number of allylic oxidation sites excluding steroid dienone is 2. The van der Waals surface area contributed by atoms with Crippen molar-refractivity contribution in [1.82, 2.24) is 0 Å². The second kappa shape index (κ2) is 32.3. The first-order chi connectivity index (χ1) is 23.1. The first-order valence-corrected chi connectivity index (χ1v) is 19.7. The van der Waals surface area contributed by atoms with E-state index < -0.39 is 18.1 Å². The lowest BCUT2D eigenvalue weighted by molar-refractivity contribution is -0.889. The minimum Gasteiger partial charge on any atom is -0.544 e. The Bertz CT molecular complexity index is 808. The molecular formula is C40H75NO7. The third-order valence-corrected chi connectivity index (χ3v) is 8.90. The molecule has 48 heavy (non-hydrogen) atoms. The number of quaternary nitrogens is 1. The molecule has 8 heteroatoms. The van der Waals surface area contributed by atoms with Gasteiger partial charge in [-0.2, -0.15) is 0 Å². The van der Waals surface area contributed by atoms with E-state index in [-0.39, 0.29) is 42.7 Å². The van der Waals surface area contributed by atoms with Crippen LogP contribution in [0.2, 0.25) is 0 Å². The molecule has 0 rings (SSSR count). The molecule has 0 aromatic heterocycles. The van der Waals surface area contributed by atoms with Crippen molar-refractivity contribution in [2.45, 2.75) is 187 Å². The van der Waals surface area contributed by atoms with E-state index >= 15 is 0 Å². The van der Waals surface area contributed by atoms with Gasteiger partial charge >= 0.3 is 11.9 Å². The normalized spacial score (nSPS) is 13.1. The molecule has 0 aromatic rings. The number of ether oxygens (including phenoxy) is 3. The van der Waals surface area contributed by atoms with Crippen LogP contribution in [0.5, 0.6) is 0 Å². The minimum atomic E-state index is -1.13. The Morgan fingerprint density at radius 1 is 0.604 bits per heavy atom. The fourth-order valence-corrected chi connectivity index (χ4v) is 5.77. The number of rotatable bonds is 35. The average molecular weight is 682 g/mol. The molecule has 0 spiro atoms. The van der Waals surface area contributed by atoms with Crippen molar-refractivity contribution >= 4 is 17.9 Å². The van der Waals surface area contributed by atoms with Gasteiger partial charge in [-0.3, -0.25) is 9.59 Å². The van der Waals surface area contributed by atoms with Crippen LogP contribution in [0, 0.1) is 0 Å². The fraction of sp³-hybridized carbons (Fsp3) is 0.875. The highest BCUT2D eigenvalue weighted by Crippen LogP contribution is 2.14. The summed E-state index contributed by atoms with van der Waals surface area (Å²) >= 11 is 0. The van der Waals surface area contributed by atoms with Crippen LogP contribution in [0.15, 0.2) is 12.2 Å². The molecule has 0 aliphatic heterocycles. The Balaban J connectivity index is 4.05. The van der Waals surface area contributed by atoms with Gasteiger partial charge in [-0.1, -0.05) is 129 Å². The summed E-state index contributed by atoms with van der Waals surface area (Å²) in [6.07, 6.45) is 31.7. The summed E-state index contributed by atoms with van der Waals surface area (Å²) in [7, 11) is 5.38. The van der Waals surface area contributed by atoms with Gasteiger partial charge in [0, 0.05) is 19.3 Å². The van der Waals surface area contributed by atoms with Gasteiger partial charge in [-0.05, 0) is 38.5 Å². The van der Waals surface area contributed by atoms with Gasteiger partial charge < -0.3 is 28.6 Å². The van der Waals surface area contributed by atoms with Crippen LogP contribution < -0.4 is 5.11 Å². The number of carbonyl (C=O) groups excluding carboxylic acids is 3. The Labute approximate surface area is 295 Å². The highest BCUT2D eigenvalue weighted by molar-refractivity contribution is 5.70.